The summed E-state index contributed by atoms with van der Waals surface area (Å²) in [6.07, 6.45) is 0.670. The van der Waals surface area contributed by atoms with Gasteiger partial charge in [0.1, 0.15) is 0 Å². The topological polar surface area (TPSA) is 87.7 Å². The third-order valence-electron chi connectivity index (χ3n) is 3.16. The molecule has 24 heavy (non-hydrogen) atoms. The Hall–Kier alpha value is -2.28. The van der Waals surface area contributed by atoms with Crippen LogP contribution in [0, 0.1) is 0 Å². The number of esters is 1. The average molecular weight is 356 g/mol. The Morgan fingerprint density at radius 1 is 1.25 bits per heavy atom. The van der Waals surface area contributed by atoms with Crippen LogP contribution >= 0.6 is 11.6 Å². The SMILES string of the molecule is COC(=O)CCN(CCCNC(C)=O)C(=O)Nc1cccc(Cl)c1. The van der Waals surface area contributed by atoms with Gasteiger partial charge in [-0.15, -0.1) is 0 Å². The summed E-state index contributed by atoms with van der Waals surface area (Å²) in [5.41, 5.74) is 0.567. The van der Waals surface area contributed by atoms with Gasteiger partial charge < -0.3 is 20.3 Å². The molecule has 1 rings (SSSR count). The fraction of sp³-hybridized carbons (Fsp3) is 0.438. The standard InChI is InChI=1S/C16H22ClN3O4/c1-12(21)18-8-4-9-20(10-7-15(22)24-2)16(23)19-14-6-3-5-13(17)11-14/h3,5-6,11H,4,7-10H2,1-2H3,(H,18,21)(H,19,23). The van der Waals surface area contributed by atoms with Gasteiger partial charge in [-0.05, 0) is 24.6 Å². The van der Waals surface area contributed by atoms with Gasteiger partial charge in [0.05, 0.1) is 13.5 Å². The van der Waals surface area contributed by atoms with Gasteiger partial charge in [0.2, 0.25) is 5.91 Å². The monoisotopic (exact) mass is 355 g/mol. The number of nitrogens with one attached hydrogen (secondary N) is 2. The smallest absolute Gasteiger partial charge is 0.321 e. The van der Waals surface area contributed by atoms with E-state index in [0.717, 1.165) is 0 Å². The number of rotatable bonds is 8. The van der Waals surface area contributed by atoms with Gasteiger partial charge >= 0.3 is 12.0 Å². The first kappa shape index (κ1) is 19.8. The van der Waals surface area contributed by atoms with E-state index in [4.69, 9.17) is 11.6 Å². The van der Waals surface area contributed by atoms with E-state index in [-0.39, 0.29) is 24.9 Å². The van der Waals surface area contributed by atoms with Crippen molar-refractivity contribution in [1.82, 2.24) is 10.2 Å². The van der Waals surface area contributed by atoms with Gasteiger partial charge in [-0.25, -0.2) is 4.79 Å². The lowest BCUT2D eigenvalue weighted by atomic mass is 10.3. The molecule has 0 aliphatic rings. The molecule has 0 aliphatic heterocycles. The predicted molar refractivity (Wildman–Crippen MR) is 92.0 cm³/mol. The molecule has 0 radical (unpaired) electrons. The van der Waals surface area contributed by atoms with Crippen molar-refractivity contribution in [2.75, 3.05) is 32.1 Å². The Labute approximate surface area is 146 Å². The number of carbonyl (C=O) groups excluding carboxylic acids is 3. The molecule has 1 aromatic carbocycles. The molecule has 0 heterocycles. The fourth-order valence-electron chi connectivity index (χ4n) is 1.95. The number of hydrogen-bond acceptors (Lipinski definition) is 4. The summed E-state index contributed by atoms with van der Waals surface area (Å²) in [5, 5.41) is 5.92. The first-order valence-corrected chi connectivity index (χ1v) is 7.93. The number of methoxy groups -OCH3 is 1. The summed E-state index contributed by atoms with van der Waals surface area (Å²) in [7, 11) is 1.30. The molecular formula is C16H22ClN3O4. The van der Waals surface area contributed by atoms with Crippen molar-refractivity contribution in [2.45, 2.75) is 19.8 Å². The van der Waals surface area contributed by atoms with Crippen molar-refractivity contribution in [1.29, 1.82) is 0 Å². The van der Waals surface area contributed by atoms with Gasteiger partial charge in [-0.3, -0.25) is 9.59 Å². The molecule has 0 aliphatic carbocycles. The Morgan fingerprint density at radius 3 is 2.62 bits per heavy atom. The molecule has 0 fully saturated rings. The van der Waals surface area contributed by atoms with Gasteiger partial charge in [0.15, 0.2) is 0 Å². The summed E-state index contributed by atoms with van der Waals surface area (Å²) >= 11 is 5.90. The zero-order chi connectivity index (χ0) is 17.9. The van der Waals surface area contributed by atoms with E-state index in [2.05, 4.69) is 15.4 Å². The second kappa shape index (κ2) is 10.5. The second-order valence-corrected chi connectivity index (χ2v) is 5.53. The highest BCUT2D eigenvalue weighted by Crippen LogP contribution is 2.15. The minimum absolute atomic E-state index is 0.0968. The molecule has 0 unspecified atom stereocenters. The molecule has 0 saturated heterocycles. The van der Waals surface area contributed by atoms with Crippen LogP contribution in [0.25, 0.3) is 0 Å². The van der Waals surface area contributed by atoms with Gasteiger partial charge in [-0.2, -0.15) is 0 Å². The quantitative estimate of drug-likeness (QED) is 0.553. The second-order valence-electron chi connectivity index (χ2n) is 5.09. The zero-order valence-corrected chi connectivity index (χ0v) is 14.6. The molecule has 0 bridgehead atoms. The Bertz CT molecular complexity index is 580. The van der Waals surface area contributed by atoms with Crippen LogP contribution < -0.4 is 10.6 Å². The average Bonchev–Trinajstić information content (AvgIpc) is 2.53. The summed E-state index contributed by atoms with van der Waals surface area (Å²) in [5.74, 6) is -0.517. The molecule has 0 aromatic heterocycles. The van der Waals surface area contributed by atoms with Crippen molar-refractivity contribution >= 4 is 35.2 Å². The van der Waals surface area contributed by atoms with Crippen LogP contribution in [0.2, 0.25) is 5.02 Å². The first-order chi connectivity index (χ1) is 11.4. The third-order valence-corrected chi connectivity index (χ3v) is 3.39. The molecular weight excluding hydrogens is 334 g/mol. The van der Waals surface area contributed by atoms with Crippen LogP contribution in [0.15, 0.2) is 24.3 Å². The van der Waals surface area contributed by atoms with E-state index in [9.17, 15) is 14.4 Å². The van der Waals surface area contributed by atoms with Gasteiger partial charge in [0, 0.05) is 37.3 Å². The molecule has 0 spiro atoms. The molecule has 0 saturated carbocycles. The molecule has 2 N–H and O–H groups in total. The van der Waals surface area contributed by atoms with Crippen LogP contribution in [-0.2, 0) is 14.3 Å². The molecule has 1 aromatic rings. The maximum Gasteiger partial charge on any atom is 0.321 e. The van der Waals surface area contributed by atoms with Crippen LogP contribution in [0.1, 0.15) is 19.8 Å². The number of ether oxygens (including phenoxy) is 1. The van der Waals surface area contributed by atoms with Crippen molar-refractivity contribution in [3.63, 3.8) is 0 Å². The summed E-state index contributed by atoms with van der Waals surface area (Å²) in [6, 6.07) is 6.45. The van der Waals surface area contributed by atoms with Crippen LogP contribution in [0.3, 0.4) is 0 Å². The van der Waals surface area contributed by atoms with Crippen LogP contribution in [0.4, 0.5) is 10.5 Å². The number of benzene rings is 1. The van der Waals surface area contributed by atoms with Gasteiger partial charge in [-0.1, -0.05) is 17.7 Å². The zero-order valence-electron chi connectivity index (χ0n) is 13.8. The molecule has 3 amide bonds. The van der Waals surface area contributed by atoms with E-state index in [0.29, 0.717) is 30.2 Å². The number of nitrogens with zero attached hydrogens (tertiary/aromatic N) is 1. The lowest BCUT2D eigenvalue weighted by Gasteiger charge is -2.23. The van der Waals surface area contributed by atoms with E-state index in [1.54, 1.807) is 24.3 Å². The normalized spacial score (nSPS) is 9.96. The van der Waals surface area contributed by atoms with Crippen LogP contribution in [-0.4, -0.2) is 49.6 Å². The van der Waals surface area contributed by atoms with Crippen molar-refractivity contribution in [3.05, 3.63) is 29.3 Å². The Morgan fingerprint density at radius 2 is 2.00 bits per heavy atom. The van der Waals surface area contributed by atoms with Crippen molar-refractivity contribution in [3.8, 4) is 0 Å². The summed E-state index contributed by atoms with van der Waals surface area (Å²) < 4.78 is 4.60. The lowest BCUT2D eigenvalue weighted by Crippen LogP contribution is -2.38. The predicted octanol–water partition coefficient (Wildman–Crippen LogP) is 2.26. The highest BCUT2D eigenvalue weighted by atomic mass is 35.5. The highest BCUT2D eigenvalue weighted by Gasteiger charge is 2.15. The summed E-state index contributed by atoms with van der Waals surface area (Å²) in [6.45, 7) is 2.50. The van der Waals surface area contributed by atoms with E-state index in [1.165, 1.54) is 18.9 Å². The highest BCUT2D eigenvalue weighted by molar-refractivity contribution is 6.30. The number of hydrogen-bond donors (Lipinski definition) is 2. The first-order valence-electron chi connectivity index (χ1n) is 7.55. The maximum atomic E-state index is 12.4. The fourth-order valence-corrected chi connectivity index (χ4v) is 2.14. The largest absolute Gasteiger partial charge is 0.469 e. The molecule has 8 heteroatoms. The number of anilines is 1. The van der Waals surface area contributed by atoms with Gasteiger partial charge in [0.25, 0.3) is 0 Å². The molecule has 7 nitrogen and oxygen atoms in total. The van der Waals surface area contributed by atoms with Crippen LogP contribution in [0.5, 0.6) is 0 Å². The Kier molecular flexibility index (Phi) is 8.64. The maximum absolute atomic E-state index is 12.4. The summed E-state index contributed by atoms with van der Waals surface area (Å²) in [4.78, 5) is 36.1. The minimum atomic E-state index is -0.391. The number of amides is 3. The molecule has 132 valence electrons. The number of urea groups is 1. The van der Waals surface area contributed by atoms with E-state index >= 15 is 0 Å². The van der Waals surface area contributed by atoms with E-state index < -0.39 is 5.97 Å². The minimum Gasteiger partial charge on any atom is -0.469 e. The third kappa shape index (κ3) is 7.82. The van der Waals surface area contributed by atoms with Crippen molar-refractivity contribution in [2.24, 2.45) is 0 Å². The van der Waals surface area contributed by atoms with Crippen molar-refractivity contribution < 1.29 is 19.1 Å². The van der Waals surface area contributed by atoms with E-state index in [1.807, 2.05) is 0 Å². The number of halogens is 1. The Balaban J connectivity index is 2.61. The lowest BCUT2D eigenvalue weighted by molar-refractivity contribution is -0.140. The number of carbonyl (C=O) groups is 3. The molecule has 0 atom stereocenters.